The Kier molecular flexibility index (Phi) is 3.53. The van der Waals surface area contributed by atoms with Crippen molar-refractivity contribution < 1.29 is 28.2 Å². The Morgan fingerprint density at radius 3 is 2.41 bits per heavy atom. The van der Waals surface area contributed by atoms with Gasteiger partial charge < -0.3 is 14.8 Å². The minimum absolute atomic E-state index is 0.293. The average Bonchev–Trinajstić information content (AvgIpc) is 2.61. The van der Waals surface area contributed by atoms with E-state index >= 15 is 0 Å². The molecule has 8 nitrogen and oxygen atoms in total. The minimum atomic E-state index is -3.80. The standard InChI is InChI=1S/C8H10N2O6S/c1-9-17(15,16)5-2-6(8(13)14)10(3-5)4-7(11)12/h2-3,9H,4H2,1H3,(H,11,12)(H,13,14). The molecule has 0 atom stereocenters. The van der Waals surface area contributed by atoms with E-state index in [-0.39, 0.29) is 4.90 Å². The van der Waals surface area contributed by atoms with E-state index in [4.69, 9.17) is 10.2 Å². The zero-order chi connectivity index (χ0) is 13.2. The highest BCUT2D eigenvalue weighted by atomic mass is 32.2. The van der Waals surface area contributed by atoms with E-state index in [1.54, 1.807) is 0 Å². The summed E-state index contributed by atoms with van der Waals surface area (Å²) >= 11 is 0. The van der Waals surface area contributed by atoms with Gasteiger partial charge in [0, 0.05) is 6.20 Å². The number of nitrogens with one attached hydrogen (secondary N) is 1. The van der Waals surface area contributed by atoms with Gasteiger partial charge in [-0.1, -0.05) is 0 Å². The molecule has 94 valence electrons. The van der Waals surface area contributed by atoms with Gasteiger partial charge in [-0.15, -0.1) is 0 Å². The van der Waals surface area contributed by atoms with Crippen molar-refractivity contribution in [3.05, 3.63) is 18.0 Å². The number of aliphatic carboxylic acids is 1. The molecule has 0 aliphatic rings. The average molecular weight is 262 g/mol. The Hall–Kier alpha value is -1.87. The second-order valence-corrected chi connectivity index (χ2v) is 4.98. The van der Waals surface area contributed by atoms with Crippen molar-refractivity contribution in [2.75, 3.05) is 7.05 Å². The molecular weight excluding hydrogens is 252 g/mol. The fraction of sp³-hybridized carbons (Fsp3) is 0.250. The van der Waals surface area contributed by atoms with Crippen LogP contribution in [-0.4, -0.2) is 42.2 Å². The van der Waals surface area contributed by atoms with Crippen LogP contribution in [0.1, 0.15) is 10.5 Å². The third-order valence-corrected chi connectivity index (χ3v) is 3.36. The van der Waals surface area contributed by atoms with E-state index in [9.17, 15) is 18.0 Å². The monoisotopic (exact) mass is 262 g/mol. The van der Waals surface area contributed by atoms with Gasteiger partial charge in [-0.2, -0.15) is 0 Å². The lowest BCUT2D eigenvalue weighted by Gasteiger charge is -2.00. The maximum atomic E-state index is 11.4. The van der Waals surface area contributed by atoms with Crippen LogP contribution in [0.5, 0.6) is 0 Å². The molecule has 0 aliphatic heterocycles. The molecule has 0 saturated heterocycles. The Morgan fingerprint density at radius 2 is 2.00 bits per heavy atom. The van der Waals surface area contributed by atoms with Crippen LogP contribution in [0.15, 0.2) is 17.2 Å². The molecular formula is C8H10N2O6S. The summed E-state index contributed by atoms with van der Waals surface area (Å²) in [4.78, 5) is 21.0. The Morgan fingerprint density at radius 1 is 1.41 bits per heavy atom. The summed E-state index contributed by atoms with van der Waals surface area (Å²) in [6, 6.07) is 0.900. The molecule has 0 aromatic carbocycles. The third-order valence-electron chi connectivity index (χ3n) is 1.98. The van der Waals surface area contributed by atoms with Gasteiger partial charge in [0.15, 0.2) is 0 Å². The smallest absolute Gasteiger partial charge is 0.352 e. The van der Waals surface area contributed by atoms with E-state index in [0.717, 1.165) is 16.8 Å². The molecule has 0 aliphatic carbocycles. The van der Waals surface area contributed by atoms with Crippen LogP contribution < -0.4 is 4.72 Å². The van der Waals surface area contributed by atoms with Crippen LogP contribution >= 0.6 is 0 Å². The van der Waals surface area contributed by atoms with E-state index in [0.29, 0.717) is 0 Å². The summed E-state index contributed by atoms with van der Waals surface area (Å²) in [7, 11) is -2.63. The molecule has 3 N–H and O–H groups in total. The van der Waals surface area contributed by atoms with Crippen LogP contribution in [0, 0.1) is 0 Å². The summed E-state index contributed by atoms with van der Waals surface area (Å²) in [6.45, 7) is -0.624. The maximum Gasteiger partial charge on any atom is 0.352 e. The van der Waals surface area contributed by atoms with E-state index in [1.165, 1.54) is 7.05 Å². The Bertz CT molecular complexity index is 559. The molecule has 17 heavy (non-hydrogen) atoms. The van der Waals surface area contributed by atoms with Crippen molar-refractivity contribution in [3.8, 4) is 0 Å². The van der Waals surface area contributed by atoms with Crippen LogP contribution in [0.25, 0.3) is 0 Å². The van der Waals surface area contributed by atoms with Crippen LogP contribution in [0.4, 0.5) is 0 Å². The first-order chi connectivity index (χ1) is 7.77. The lowest BCUT2D eigenvalue weighted by molar-refractivity contribution is -0.137. The first-order valence-corrected chi connectivity index (χ1v) is 5.85. The van der Waals surface area contributed by atoms with Crippen molar-refractivity contribution in [2.45, 2.75) is 11.4 Å². The lowest BCUT2D eigenvalue weighted by Crippen LogP contribution is -2.18. The third kappa shape index (κ3) is 2.82. The number of rotatable bonds is 5. The van der Waals surface area contributed by atoms with E-state index in [2.05, 4.69) is 0 Å². The van der Waals surface area contributed by atoms with E-state index in [1.807, 2.05) is 4.72 Å². The molecule has 0 spiro atoms. The number of hydrogen-bond donors (Lipinski definition) is 3. The second kappa shape index (κ2) is 4.55. The van der Waals surface area contributed by atoms with Crippen molar-refractivity contribution in [3.63, 3.8) is 0 Å². The largest absolute Gasteiger partial charge is 0.480 e. The van der Waals surface area contributed by atoms with Crippen molar-refractivity contribution in [2.24, 2.45) is 0 Å². The van der Waals surface area contributed by atoms with Gasteiger partial charge in [-0.3, -0.25) is 4.79 Å². The van der Waals surface area contributed by atoms with Crippen molar-refractivity contribution in [1.82, 2.24) is 9.29 Å². The second-order valence-electron chi connectivity index (χ2n) is 3.10. The topological polar surface area (TPSA) is 126 Å². The first-order valence-electron chi connectivity index (χ1n) is 4.36. The molecule has 1 aromatic heterocycles. The van der Waals surface area contributed by atoms with Crippen LogP contribution in [-0.2, 0) is 21.4 Å². The Labute approximate surface area is 96.5 Å². The van der Waals surface area contributed by atoms with Crippen LogP contribution in [0.2, 0.25) is 0 Å². The van der Waals surface area contributed by atoms with Crippen molar-refractivity contribution in [1.29, 1.82) is 0 Å². The molecule has 0 bridgehead atoms. The van der Waals surface area contributed by atoms with Crippen LogP contribution in [0.3, 0.4) is 0 Å². The number of nitrogens with zero attached hydrogens (tertiary/aromatic N) is 1. The normalized spacial score (nSPS) is 11.4. The summed E-state index contributed by atoms with van der Waals surface area (Å²) in [5, 5.41) is 17.4. The summed E-state index contributed by atoms with van der Waals surface area (Å²) in [5.74, 6) is -2.67. The summed E-state index contributed by atoms with van der Waals surface area (Å²) in [5.41, 5.74) is -0.402. The summed E-state index contributed by atoms with van der Waals surface area (Å²) < 4.78 is 25.7. The zero-order valence-corrected chi connectivity index (χ0v) is 9.56. The molecule has 1 heterocycles. The molecule has 0 radical (unpaired) electrons. The van der Waals surface area contributed by atoms with Gasteiger partial charge in [-0.05, 0) is 13.1 Å². The fourth-order valence-electron chi connectivity index (χ4n) is 1.20. The van der Waals surface area contributed by atoms with Gasteiger partial charge in [0.2, 0.25) is 10.0 Å². The molecule has 1 aromatic rings. The number of carbonyl (C=O) groups is 2. The lowest BCUT2D eigenvalue weighted by atomic mass is 10.4. The number of aromatic carboxylic acids is 1. The zero-order valence-electron chi connectivity index (χ0n) is 8.74. The number of hydrogen-bond acceptors (Lipinski definition) is 4. The molecule has 0 saturated carbocycles. The molecule has 1 rings (SSSR count). The number of carboxylic acids is 2. The molecule has 0 unspecified atom stereocenters. The van der Waals surface area contributed by atoms with Gasteiger partial charge in [0.25, 0.3) is 0 Å². The number of aromatic nitrogens is 1. The SMILES string of the molecule is CNS(=O)(=O)c1cc(C(=O)O)n(CC(=O)O)c1. The van der Waals surface area contributed by atoms with Crippen molar-refractivity contribution >= 4 is 22.0 Å². The van der Waals surface area contributed by atoms with Gasteiger partial charge in [0.1, 0.15) is 17.1 Å². The predicted molar refractivity (Wildman–Crippen MR) is 55.3 cm³/mol. The summed E-state index contributed by atoms with van der Waals surface area (Å²) in [6.07, 6.45) is 0.962. The molecule has 0 fully saturated rings. The highest BCUT2D eigenvalue weighted by molar-refractivity contribution is 7.89. The number of carboxylic acid groups (broad SMARTS) is 2. The molecule has 9 heteroatoms. The Balaban J connectivity index is 3.31. The van der Waals surface area contributed by atoms with Gasteiger partial charge >= 0.3 is 11.9 Å². The predicted octanol–water partition coefficient (Wildman–Crippen LogP) is -0.821. The highest BCUT2D eigenvalue weighted by Crippen LogP contribution is 2.14. The van der Waals surface area contributed by atoms with Gasteiger partial charge in [-0.25, -0.2) is 17.9 Å². The number of sulfonamides is 1. The van der Waals surface area contributed by atoms with E-state index < -0.39 is 34.2 Å². The fourth-order valence-corrected chi connectivity index (χ4v) is 1.97. The minimum Gasteiger partial charge on any atom is -0.480 e. The highest BCUT2D eigenvalue weighted by Gasteiger charge is 2.20. The quantitative estimate of drug-likeness (QED) is 0.636. The first kappa shape index (κ1) is 13.2. The molecule has 0 amide bonds. The van der Waals surface area contributed by atoms with Gasteiger partial charge in [0.05, 0.1) is 0 Å². The maximum absolute atomic E-state index is 11.4.